The lowest BCUT2D eigenvalue weighted by molar-refractivity contribution is -0.114. The van der Waals surface area contributed by atoms with Gasteiger partial charge >= 0.3 is 0 Å². The van der Waals surface area contributed by atoms with Crippen molar-refractivity contribution in [1.82, 2.24) is 20.2 Å². The molecule has 1 fully saturated rings. The van der Waals surface area contributed by atoms with Crippen molar-refractivity contribution in [3.8, 4) is 5.69 Å². The van der Waals surface area contributed by atoms with Crippen LogP contribution in [0.5, 0.6) is 0 Å². The van der Waals surface area contributed by atoms with Crippen molar-refractivity contribution < 1.29 is 4.79 Å². The fourth-order valence-corrected chi connectivity index (χ4v) is 5.86. The summed E-state index contributed by atoms with van der Waals surface area (Å²) < 4.78 is 1.81. The number of thioether (sulfide) groups is 1. The summed E-state index contributed by atoms with van der Waals surface area (Å²) in [4.78, 5) is 21.7. The first-order chi connectivity index (χ1) is 16.0. The summed E-state index contributed by atoms with van der Waals surface area (Å²) in [6.45, 7) is 0. The maximum absolute atomic E-state index is 13.5. The number of carbonyl (C=O) groups is 1. The molecular weight excluding hydrogens is 479 g/mol. The van der Waals surface area contributed by atoms with E-state index in [0.29, 0.717) is 27.7 Å². The van der Waals surface area contributed by atoms with Crippen molar-refractivity contribution in [3.05, 3.63) is 93.9 Å². The van der Waals surface area contributed by atoms with Gasteiger partial charge in [0.15, 0.2) is 4.87 Å². The van der Waals surface area contributed by atoms with E-state index in [-0.39, 0.29) is 11.9 Å². The maximum Gasteiger partial charge on any atom is 0.271 e. The van der Waals surface area contributed by atoms with Gasteiger partial charge in [0.2, 0.25) is 0 Å². The Balaban J connectivity index is 1.32. The van der Waals surface area contributed by atoms with E-state index in [0.717, 1.165) is 17.0 Å². The fraction of sp³-hybridized carbons (Fsp3) is 0.130. The van der Waals surface area contributed by atoms with Crippen LogP contribution in [0.25, 0.3) is 5.69 Å². The number of aliphatic imine (C=N–C) groups is 1. The molecule has 1 aromatic carbocycles. The summed E-state index contributed by atoms with van der Waals surface area (Å²) in [5.41, 5.74) is 7.24. The zero-order chi connectivity index (χ0) is 22.6. The minimum absolute atomic E-state index is 0.170. The second-order valence-corrected chi connectivity index (χ2v) is 9.72. The molecule has 1 spiro atoms. The van der Waals surface area contributed by atoms with E-state index in [1.807, 2.05) is 46.6 Å². The number of nitrogens with one attached hydrogen (secondary N) is 1. The fourth-order valence-electron chi connectivity index (χ4n) is 4.26. The summed E-state index contributed by atoms with van der Waals surface area (Å²) in [6, 6.07) is 9.90. The summed E-state index contributed by atoms with van der Waals surface area (Å²) in [5.74, 6) is -0.201. The third-order valence-corrected chi connectivity index (χ3v) is 7.48. The number of amides is 1. The highest BCUT2D eigenvalue weighted by molar-refractivity contribution is 8.05. The molecule has 10 heteroatoms. The number of halogens is 2. The van der Waals surface area contributed by atoms with Crippen LogP contribution < -0.4 is 10.4 Å². The predicted octanol–water partition coefficient (Wildman–Crippen LogP) is 4.37. The lowest BCUT2D eigenvalue weighted by atomic mass is 9.94. The SMILES string of the molecule is O=C1C2=CC(Cc3ccc(-n4cccn4)cc3)N=C3C=CSC23NN1c1c(Cl)cncc1Cl. The predicted molar refractivity (Wildman–Crippen MR) is 131 cm³/mol. The van der Waals surface area contributed by atoms with Crippen molar-refractivity contribution in [2.75, 3.05) is 5.01 Å². The largest absolute Gasteiger partial charge is 0.279 e. The Morgan fingerprint density at radius 2 is 1.94 bits per heavy atom. The van der Waals surface area contributed by atoms with Crippen LogP contribution in [0, 0.1) is 0 Å². The number of benzene rings is 1. The Kier molecular flexibility index (Phi) is 4.92. The molecule has 1 saturated heterocycles. The van der Waals surface area contributed by atoms with Crippen LogP contribution in [0.15, 0.2) is 83.2 Å². The molecule has 3 aromatic rings. The van der Waals surface area contributed by atoms with E-state index in [1.165, 1.54) is 29.2 Å². The van der Waals surface area contributed by atoms with Crippen LogP contribution in [-0.2, 0) is 11.2 Å². The minimum atomic E-state index is -0.770. The number of nitrogens with zero attached hydrogens (tertiary/aromatic N) is 5. The Labute approximate surface area is 203 Å². The molecular formula is C23H16Cl2N6OS. The molecule has 3 aliphatic rings. The molecule has 164 valence electrons. The number of hydrogen-bond donors (Lipinski definition) is 1. The topological polar surface area (TPSA) is 75.4 Å². The summed E-state index contributed by atoms with van der Waals surface area (Å²) in [5, 5.41) is 8.21. The van der Waals surface area contributed by atoms with Gasteiger partial charge in [-0.1, -0.05) is 47.1 Å². The standard InChI is InChI=1S/C23H16Cl2N6OS/c24-18-12-26-13-19(25)21(18)31-22(32)17-11-15(28-20-6-9-33-23(17,20)29-31)10-14-2-4-16(5-3-14)30-8-1-7-27-30/h1-9,11-13,15,29H,10H2. The molecule has 1 amide bonds. The highest BCUT2D eigenvalue weighted by Crippen LogP contribution is 2.48. The lowest BCUT2D eigenvalue weighted by Crippen LogP contribution is -2.49. The highest BCUT2D eigenvalue weighted by Gasteiger charge is 2.55. The van der Waals surface area contributed by atoms with Crippen LogP contribution >= 0.6 is 35.0 Å². The number of hydrogen-bond acceptors (Lipinski definition) is 6. The molecule has 33 heavy (non-hydrogen) atoms. The molecule has 0 radical (unpaired) electrons. The van der Waals surface area contributed by atoms with Gasteiger partial charge in [-0.25, -0.2) is 9.69 Å². The molecule has 0 aliphatic carbocycles. The molecule has 6 rings (SSSR count). The second kappa shape index (κ2) is 7.85. The Hall–Kier alpha value is -2.91. The zero-order valence-electron chi connectivity index (χ0n) is 17.0. The zero-order valence-corrected chi connectivity index (χ0v) is 19.3. The number of aromatic nitrogens is 3. The molecule has 3 aliphatic heterocycles. The Bertz CT molecular complexity index is 1330. The molecule has 7 nitrogen and oxygen atoms in total. The number of hydrazine groups is 1. The summed E-state index contributed by atoms with van der Waals surface area (Å²) >= 11 is 14.2. The lowest BCUT2D eigenvalue weighted by Gasteiger charge is -2.30. The van der Waals surface area contributed by atoms with Crippen molar-refractivity contribution in [2.24, 2.45) is 4.99 Å². The van der Waals surface area contributed by atoms with Crippen molar-refractivity contribution in [3.63, 3.8) is 0 Å². The second-order valence-electron chi connectivity index (χ2n) is 7.79. The number of dihydropyridines is 1. The summed E-state index contributed by atoms with van der Waals surface area (Å²) in [6.07, 6.45) is 11.2. The van der Waals surface area contributed by atoms with Gasteiger partial charge in [-0.3, -0.25) is 14.8 Å². The Morgan fingerprint density at radius 1 is 1.15 bits per heavy atom. The first-order valence-corrected chi connectivity index (χ1v) is 11.8. The average Bonchev–Trinajstić information content (AvgIpc) is 3.53. The first kappa shape index (κ1) is 20.7. The minimum Gasteiger partial charge on any atom is -0.279 e. The molecule has 5 heterocycles. The maximum atomic E-state index is 13.5. The van der Waals surface area contributed by atoms with E-state index >= 15 is 0 Å². The van der Waals surface area contributed by atoms with Gasteiger partial charge in [-0.2, -0.15) is 10.5 Å². The van der Waals surface area contributed by atoms with Crippen LogP contribution in [0.3, 0.4) is 0 Å². The van der Waals surface area contributed by atoms with Crippen molar-refractivity contribution in [1.29, 1.82) is 0 Å². The van der Waals surface area contributed by atoms with Gasteiger partial charge in [-0.15, -0.1) is 0 Å². The molecule has 2 atom stereocenters. The van der Waals surface area contributed by atoms with Gasteiger partial charge in [0.1, 0.15) is 5.69 Å². The quantitative estimate of drug-likeness (QED) is 0.582. The van der Waals surface area contributed by atoms with Crippen molar-refractivity contribution in [2.45, 2.75) is 17.3 Å². The van der Waals surface area contributed by atoms with Gasteiger partial charge in [0, 0.05) is 24.8 Å². The third-order valence-electron chi connectivity index (χ3n) is 5.78. The van der Waals surface area contributed by atoms with Crippen LogP contribution in [0.2, 0.25) is 10.0 Å². The smallest absolute Gasteiger partial charge is 0.271 e. The van der Waals surface area contributed by atoms with E-state index in [9.17, 15) is 4.79 Å². The van der Waals surface area contributed by atoms with E-state index in [1.54, 1.807) is 6.20 Å². The van der Waals surface area contributed by atoms with Crippen LogP contribution in [0.1, 0.15) is 5.56 Å². The third kappa shape index (κ3) is 3.33. The van der Waals surface area contributed by atoms with Crippen LogP contribution in [0.4, 0.5) is 5.69 Å². The van der Waals surface area contributed by atoms with Crippen molar-refractivity contribution >= 4 is 52.3 Å². The van der Waals surface area contributed by atoms with E-state index in [2.05, 4.69) is 27.6 Å². The molecule has 0 bridgehead atoms. The monoisotopic (exact) mass is 494 g/mol. The number of pyridine rings is 1. The molecule has 2 aromatic heterocycles. The van der Waals surface area contributed by atoms with Gasteiger partial charge < -0.3 is 0 Å². The van der Waals surface area contributed by atoms with Gasteiger partial charge in [0.05, 0.1) is 33.1 Å². The highest BCUT2D eigenvalue weighted by atomic mass is 35.5. The molecule has 2 unspecified atom stereocenters. The average molecular weight is 495 g/mol. The van der Waals surface area contributed by atoms with Gasteiger partial charge in [-0.05, 0) is 47.7 Å². The summed E-state index contributed by atoms with van der Waals surface area (Å²) in [7, 11) is 0. The molecule has 0 saturated carbocycles. The normalized spacial score (nSPS) is 23.4. The van der Waals surface area contributed by atoms with E-state index in [4.69, 9.17) is 28.2 Å². The van der Waals surface area contributed by atoms with Gasteiger partial charge in [0.25, 0.3) is 5.91 Å². The number of anilines is 1. The Morgan fingerprint density at radius 3 is 2.67 bits per heavy atom. The number of carbonyl (C=O) groups excluding carboxylic acids is 1. The molecule has 1 N–H and O–H groups in total. The van der Waals surface area contributed by atoms with E-state index < -0.39 is 4.87 Å². The first-order valence-electron chi connectivity index (χ1n) is 10.2. The number of rotatable bonds is 4. The van der Waals surface area contributed by atoms with Crippen LogP contribution in [-0.4, -0.2) is 37.3 Å².